The SMILES string of the molecule is CC(=O)NC1=CCC(SC2C=C3[C@@H](C)CCC(C)(C)[C@@H](CC(C)(C)C(N)=O)[C@H](C)CC[C@@]3(C)/C=C/C(O)=C(O)\C(C)=C\2)C=C1.CC(=O)Nc1ccccc1.CC(=O)OC(C)=O.CC1=C(O)C(=O)C=C2C1=CCC1[C@@]2(C)CC[C@@]2(C)[C@@H]3C[C@](C)(C(N)=O)CC[C@]3(C)CC[C@]12C.CC[C@]1(C)C2=CC(Sc3ccc(NC(C)=O)cc3)C3=CC(OC(C)=O)C(OC(C)=O)C=C3[C@]2(C)CC[C@@]1(C)[C@@H]1C[C@](C)(C(N)=O)CC[C@H]1C.CO.S. The molecule has 0 saturated heterocycles. The van der Waals surface area contributed by atoms with Crippen LogP contribution in [0.4, 0.5) is 11.4 Å². The number of thioether (sulfide) groups is 2. The molecule has 12 aliphatic rings. The number of anilines is 2. The van der Waals surface area contributed by atoms with Gasteiger partial charge < -0.3 is 67.8 Å². The number of carbonyl (C=O) groups excluding carboxylic acids is 11. The number of aliphatic hydroxyl groups is 4. The Morgan fingerprint density at radius 2 is 1.10 bits per heavy atom. The van der Waals surface area contributed by atoms with E-state index in [1.54, 1.807) is 23.9 Å². The third-order valence-electron chi connectivity index (χ3n) is 36.6. The summed E-state index contributed by atoms with van der Waals surface area (Å²) in [6, 6.07) is 17.2. The quantitative estimate of drug-likeness (QED) is 0.0323. The number of benzene rings is 2. The van der Waals surface area contributed by atoms with Gasteiger partial charge in [0, 0.05) is 121 Å². The highest BCUT2D eigenvalue weighted by atomic mass is 32.2. The van der Waals surface area contributed by atoms with Gasteiger partial charge in [0.2, 0.25) is 41.2 Å². The summed E-state index contributed by atoms with van der Waals surface area (Å²) in [4.78, 5) is 129. The molecule has 6 amide bonds. The highest BCUT2D eigenvalue weighted by Gasteiger charge is 2.70. The number of nitrogens with two attached hydrogens (primary N) is 3. The van der Waals surface area contributed by atoms with Crippen molar-refractivity contribution in [1.29, 1.82) is 0 Å². The number of carbonyl (C=O) groups is 11. The lowest BCUT2D eigenvalue weighted by Gasteiger charge is -2.72. The molecule has 804 valence electrons. The monoisotopic (exact) mass is 2070 g/mol. The van der Waals surface area contributed by atoms with Crippen molar-refractivity contribution in [2.24, 2.45) is 124 Å². The number of hydrogen-bond donors (Lipinski definition) is 10. The normalized spacial score (nSPS) is 35.1. The number of hydrogen-bond acceptors (Lipinski definition) is 20. The minimum atomic E-state index is -0.745. The Morgan fingerprint density at radius 3 is 1.64 bits per heavy atom. The fourth-order valence-corrected chi connectivity index (χ4v) is 29.5. The van der Waals surface area contributed by atoms with Crippen molar-refractivity contribution in [3.8, 4) is 0 Å². The Bertz CT molecular complexity index is 5620. The van der Waals surface area contributed by atoms with Crippen LogP contribution >= 0.6 is 37.0 Å². The number of ether oxygens (including phenoxy) is 3. The summed E-state index contributed by atoms with van der Waals surface area (Å²) in [7, 11) is 1.00. The van der Waals surface area contributed by atoms with E-state index in [9.17, 15) is 68.1 Å². The van der Waals surface area contributed by atoms with Gasteiger partial charge in [-0.25, -0.2) is 0 Å². The van der Waals surface area contributed by atoms with Crippen molar-refractivity contribution >= 4 is 113 Å². The van der Waals surface area contributed by atoms with E-state index in [4.69, 9.17) is 31.8 Å². The molecule has 14 rings (SSSR count). The molecule has 0 bridgehead atoms. The lowest BCUT2D eigenvalue weighted by atomic mass is 9.32. The van der Waals surface area contributed by atoms with Gasteiger partial charge in [0.05, 0.1) is 5.25 Å². The van der Waals surface area contributed by atoms with Crippen LogP contribution in [0.3, 0.4) is 0 Å². The maximum Gasteiger partial charge on any atom is 0.310 e. The Balaban J connectivity index is 0.000000246. The minimum absolute atomic E-state index is 0. The molecule has 6 saturated carbocycles. The topological polar surface area (TPSA) is 411 Å². The van der Waals surface area contributed by atoms with Gasteiger partial charge >= 0.3 is 23.9 Å². The van der Waals surface area contributed by atoms with Crippen LogP contribution in [0.1, 0.15) is 315 Å². The molecule has 2 aromatic carbocycles. The summed E-state index contributed by atoms with van der Waals surface area (Å²) in [6.07, 6.45) is 42.5. The second-order valence-corrected chi connectivity index (χ2v) is 50.1. The van der Waals surface area contributed by atoms with Crippen LogP contribution in [-0.4, -0.2) is 121 Å². The van der Waals surface area contributed by atoms with Gasteiger partial charge in [0.25, 0.3) is 0 Å². The van der Waals surface area contributed by atoms with Gasteiger partial charge in [-0.05, 0) is 316 Å². The molecule has 12 aliphatic carbocycles. The number of ketones is 1. The van der Waals surface area contributed by atoms with Gasteiger partial charge in [0.1, 0.15) is 0 Å². The maximum absolute atomic E-state index is 12.8. The first kappa shape index (κ1) is 122. The average molecular weight is 2070 g/mol. The summed E-state index contributed by atoms with van der Waals surface area (Å²) in [5, 5.41) is 47.5. The molecule has 27 heteroatoms. The third kappa shape index (κ3) is 26.6. The number of fused-ring (bicyclic) bond motifs is 11. The number of amides is 6. The number of aliphatic hydroxyl groups excluding tert-OH is 4. The van der Waals surface area contributed by atoms with Crippen LogP contribution in [0, 0.1) is 106 Å². The molecular weight excluding hydrogens is 1900 g/mol. The van der Waals surface area contributed by atoms with E-state index < -0.39 is 52.3 Å². The number of nitrogens with one attached hydrogen (secondary N) is 3. The summed E-state index contributed by atoms with van der Waals surface area (Å²) in [6.45, 7) is 54.7. The smallest absolute Gasteiger partial charge is 0.310 e. The molecule has 146 heavy (non-hydrogen) atoms. The van der Waals surface area contributed by atoms with E-state index in [1.807, 2.05) is 112 Å². The zero-order valence-electron chi connectivity index (χ0n) is 92.2. The number of primary amides is 3. The molecule has 13 N–H and O–H groups in total. The Kier molecular flexibility index (Phi) is 40.0. The van der Waals surface area contributed by atoms with E-state index in [2.05, 4.69) is 174 Å². The molecule has 6 fully saturated rings. The third-order valence-corrected chi connectivity index (χ3v) is 39.0. The molecular formula is C119H172N6O18S3. The maximum atomic E-state index is 12.8. The number of rotatable bonds is 16. The molecule has 0 aliphatic heterocycles. The van der Waals surface area contributed by atoms with E-state index in [1.165, 1.54) is 72.5 Å². The van der Waals surface area contributed by atoms with E-state index >= 15 is 0 Å². The fourth-order valence-electron chi connectivity index (χ4n) is 27.1. The summed E-state index contributed by atoms with van der Waals surface area (Å²) in [5.41, 5.74) is 26.6. The Morgan fingerprint density at radius 1 is 0.555 bits per heavy atom. The van der Waals surface area contributed by atoms with Gasteiger partial charge in [-0.3, -0.25) is 52.7 Å². The van der Waals surface area contributed by atoms with Crippen molar-refractivity contribution in [2.75, 3.05) is 17.7 Å². The number of para-hydroxylation sites is 1. The van der Waals surface area contributed by atoms with Crippen LogP contribution < -0.4 is 33.2 Å². The van der Waals surface area contributed by atoms with E-state index in [-0.39, 0.29) is 142 Å². The van der Waals surface area contributed by atoms with Crippen molar-refractivity contribution in [3.05, 3.63) is 195 Å². The van der Waals surface area contributed by atoms with Crippen LogP contribution in [0.15, 0.2) is 200 Å². The van der Waals surface area contributed by atoms with Crippen molar-refractivity contribution in [3.63, 3.8) is 0 Å². The summed E-state index contributed by atoms with van der Waals surface area (Å²) in [5.74, 6) is -0.763. The Hall–Kier alpha value is -9.70. The van der Waals surface area contributed by atoms with Crippen LogP contribution in [-0.2, 0) is 67.0 Å². The van der Waals surface area contributed by atoms with Gasteiger partial charge in [-0.1, -0.05) is 197 Å². The van der Waals surface area contributed by atoms with E-state index in [0.717, 1.165) is 173 Å². The van der Waals surface area contributed by atoms with Crippen LogP contribution in [0.5, 0.6) is 0 Å². The first-order valence-corrected chi connectivity index (χ1v) is 54.0. The van der Waals surface area contributed by atoms with Crippen LogP contribution in [0.25, 0.3) is 0 Å². The zero-order valence-corrected chi connectivity index (χ0v) is 94.9. The molecule has 0 heterocycles. The summed E-state index contributed by atoms with van der Waals surface area (Å²) < 4.78 is 15.5. The molecule has 24 nitrogen and oxygen atoms in total. The number of esters is 4. The van der Waals surface area contributed by atoms with Crippen molar-refractivity contribution < 1.29 is 87.4 Å². The molecule has 0 radical (unpaired) electrons. The summed E-state index contributed by atoms with van der Waals surface area (Å²) >= 11 is 3.53. The predicted molar refractivity (Wildman–Crippen MR) is 589 cm³/mol. The lowest BCUT2D eigenvalue weighted by Crippen LogP contribution is -2.65. The first-order chi connectivity index (χ1) is 67.3. The van der Waals surface area contributed by atoms with Gasteiger partial charge in [-0.15, -0.1) is 23.5 Å². The molecule has 6 unspecified atom stereocenters. The van der Waals surface area contributed by atoms with Crippen molar-refractivity contribution in [2.45, 2.75) is 348 Å². The van der Waals surface area contributed by atoms with Gasteiger partial charge in [-0.2, -0.15) is 13.5 Å². The second kappa shape index (κ2) is 48.1. The molecule has 0 spiro atoms. The fraction of sp³-hybridized carbons (Fsp3) is 0.605. The molecule has 22 atom stereocenters. The van der Waals surface area contributed by atoms with Crippen molar-refractivity contribution in [1.82, 2.24) is 5.32 Å². The lowest BCUT2D eigenvalue weighted by molar-refractivity contribution is -0.214. The average Bonchev–Trinajstić information content (AvgIpc) is 0.673. The highest BCUT2D eigenvalue weighted by molar-refractivity contribution is 8.01. The zero-order chi connectivity index (χ0) is 109. The van der Waals surface area contributed by atoms with Gasteiger partial charge in [0.15, 0.2) is 29.5 Å². The largest absolute Gasteiger partial charge is 0.504 e. The van der Waals surface area contributed by atoms with E-state index in [0.29, 0.717) is 41.1 Å². The molecule has 2 aromatic rings. The highest BCUT2D eigenvalue weighted by Crippen LogP contribution is 2.77. The van der Waals surface area contributed by atoms with Crippen LogP contribution in [0.2, 0.25) is 0 Å². The minimum Gasteiger partial charge on any atom is -0.504 e. The Labute approximate surface area is 885 Å². The number of allylic oxidation sites excluding steroid dienone is 13. The standard InChI is InChI=1S/C40H54N2O6S.C37H56N2O4S.C29H41NO3.C8H9NO.C4H6O3.CH4O.H2S/c1-10-39(8)35-21-34(49-28-13-11-27(12-14-28)42-24(3)43)29-19-32(47-25(4)44)33(48-26(5)45)20-30(29)38(35,7)17-18-40(39,9)31-22-37(6,36(41)46)16-15-23(31)2;1-23-14-17-35(5,6)31(22-36(7,8)34(38)43)24(2)15-18-37(9)19-16-32(41)33(42)25(3)20-29(21-30(23)37)44-28-12-10-27(11-13-28)39-26(4)40;1-17-18-7-8-21-27(4,19(18)15-20(31)23(17)32)12-14-29(6)22-16-26(3,24(30)33)10-9-25(22,2)11-13-28(21,29)5;1-7(10)9-8-5-3-2-4-6-8;1-3(5)7-4(2)6;1-2;/h11-14,19-21,23,31-34H,10,15-18,22H2,1-9H3,(H2,41,46)(H,42,43);10-12,16,19-21,23-24,28-29,31,41-42H,13-15,17-18,22H2,1-9H3,(H2,38,43)(H,39,40);7,15,21-22,32H,8-14,16H2,1-6H3,(H2,30,33);2-6H,1H3,(H,9,10);1-2H3;2H,1H3;1H2/b;19-16+,25-20+,30-21?,33-32-;;;;;/t23-,31-,32?,33?,34?,37-,38+,39-,40+;23-,24+,28?,29?,31-,37-;21?,22-,25-,26-,27+,28-,29+;;;;/m101..../s1. The molecule has 0 aromatic heterocycles. The first-order valence-electron chi connectivity index (χ1n) is 52.2. The second-order valence-electron chi connectivity index (χ2n) is 47.4. The predicted octanol–water partition coefficient (Wildman–Crippen LogP) is 24.2.